The number of carbonyl (C=O) groups is 2. The number of carbonyl (C=O) groups excluding carboxylic acids is 2. The van der Waals surface area contributed by atoms with Crippen molar-refractivity contribution in [2.24, 2.45) is 22.2 Å². The number of hydrogen-bond acceptors (Lipinski definition) is 3. The van der Waals surface area contributed by atoms with Crippen LogP contribution in [0.5, 0.6) is 0 Å². The first-order chi connectivity index (χ1) is 16.4. The fraction of sp³-hybridized carbons (Fsp3) is 0.625. The van der Waals surface area contributed by atoms with Crippen molar-refractivity contribution in [3.05, 3.63) is 52.6 Å². The summed E-state index contributed by atoms with van der Waals surface area (Å²) in [4.78, 5) is 27.6. The predicted molar refractivity (Wildman–Crippen MR) is 144 cm³/mol. The van der Waals surface area contributed by atoms with Gasteiger partial charge in [-0.15, -0.1) is 0 Å². The van der Waals surface area contributed by atoms with Gasteiger partial charge >= 0.3 is 0 Å². The Morgan fingerprint density at radius 2 is 1.71 bits per heavy atom. The maximum Gasteiger partial charge on any atom is 0.156 e. The van der Waals surface area contributed by atoms with E-state index in [1.807, 2.05) is 13.0 Å². The van der Waals surface area contributed by atoms with Gasteiger partial charge in [0.05, 0.1) is 0 Å². The monoisotopic (exact) mass is 473 g/mol. The van der Waals surface area contributed by atoms with E-state index >= 15 is 0 Å². The summed E-state index contributed by atoms with van der Waals surface area (Å²) in [7, 11) is 2.15. The van der Waals surface area contributed by atoms with Crippen molar-refractivity contribution in [1.29, 1.82) is 0 Å². The number of benzene rings is 1. The molecule has 35 heavy (non-hydrogen) atoms. The van der Waals surface area contributed by atoms with E-state index in [0.717, 1.165) is 38.5 Å². The van der Waals surface area contributed by atoms with Crippen LogP contribution in [0, 0.1) is 22.2 Å². The van der Waals surface area contributed by atoms with Gasteiger partial charge in [0.15, 0.2) is 5.78 Å². The van der Waals surface area contributed by atoms with E-state index in [1.54, 1.807) is 5.57 Å². The van der Waals surface area contributed by atoms with Gasteiger partial charge in [-0.3, -0.25) is 9.59 Å². The third-order valence-electron chi connectivity index (χ3n) is 11.3. The first kappa shape index (κ1) is 24.5. The first-order valence-electron chi connectivity index (χ1n) is 13.7. The Morgan fingerprint density at radius 3 is 2.34 bits per heavy atom. The normalized spacial score (nSPS) is 36.5. The summed E-state index contributed by atoms with van der Waals surface area (Å²) >= 11 is 0. The summed E-state index contributed by atoms with van der Waals surface area (Å²) < 4.78 is 0. The van der Waals surface area contributed by atoms with Gasteiger partial charge in [-0.2, -0.15) is 0 Å². The van der Waals surface area contributed by atoms with Gasteiger partial charge in [-0.05, 0) is 110 Å². The second kappa shape index (κ2) is 8.18. The summed E-state index contributed by atoms with van der Waals surface area (Å²) in [6.07, 6.45) is 8.66. The molecule has 0 aromatic heterocycles. The smallest absolute Gasteiger partial charge is 0.156 e. The number of anilines is 1. The highest BCUT2D eigenvalue weighted by Crippen LogP contribution is 2.76. The summed E-state index contributed by atoms with van der Waals surface area (Å²) in [5.41, 5.74) is 7.07. The molecule has 3 heteroatoms. The van der Waals surface area contributed by atoms with E-state index < -0.39 is 0 Å². The Hall–Kier alpha value is -2.16. The average Bonchev–Trinajstić information content (AvgIpc) is 3.10. The van der Waals surface area contributed by atoms with Crippen molar-refractivity contribution >= 4 is 17.3 Å². The number of Topliss-reactive ketones (excluding diaryl/α,β-unsaturated/α-hetero) is 1. The van der Waals surface area contributed by atoms with Crippen LogP contribution in [-0.4, -0.2) is 24.7 Å². The van der Waals surface area contributed by atoms with Crippen molar-refractivity contribution in [3.8, 4) is 0 Å². The van der Waals surface area contributed by atoms with Crippen molar-refractivity contribution in [1.82, 2.24) is 0 Å². The van der Waals surface area contributed by atoms with Gasteiger partial charge < -0.3 is 4.90 Å². The van der Waals surface area contributed by atoms with E-state index in [4.69, 9.17) is 0 Å². The predicted octanol–water partition coefficient (Wildman–Crippen LogP) is 7.42. The van der Waals surface area contributed by atoms with Crippen LogP contribution in [0.4, 0.5) is 5.69 Å². The number of fused-ring (bicyclic) bond motifs is 4. The molecule has 5 atom stereocenters. The zero-order valence-electron chi connectivity index (χ0n) is 22.8. The summed E-state index contributed by atoms with van der Waals surface area (Å²) in [5.74, 6) is 1.08. The maximum atomic E-state index is 12.9. The topological polar surface area (TPSA) is 37.4 Å². The highest BCUT2D eigenvalue weighted by molar-refractivity contribution is 5.93. The van der Waals surface area contributed by atoms with E-state index in [2.05, 4.69) is 70.8 Å². The molecule has 3 nitrogen and oxygen atoms in total. The molecule has 4 aliphatic rings. The Kier molecular flexibility index (Phi) is 5.73. The van der Waals surface area contributed by atoms with E-state index in [1.165, 1.54) is 22.4 Å². The van der Waals surface area contributed by atoms with Crippen molar-refractivity contribution in [2.45, 2.75) is 98.4 Å². The Labute approximate surface area is 212 Å². The lowest BCUT2D eigenvalue weighted by Gasteiger charge is -2.64. The fourth-order valence-corrected chi connectivity index (χ4v) is 8.71. The molecule has 5 rings (SSSR count). The van der Waals surface area contributed by atoms with Crippen LogP contribution in [0.3, 0.4) is 0 Å². The molecule has 0 heterocycles. The lowest BCUT2D eigenvalue weighted by Crippen LogP contribution is -2.56. The molecular weight excluding hydrogens is 430 g/mol. The first-order valence-corrected chi connectivity index (χ1v) is 13.7. The van der Waals surface area contributed by atoms with Crippen LogP contribution >= 0.6 is 0 Å². The van der Waals surface area contributed by atoms with Crippen LogP contribution in [0.2, 0.25) is 0 Å². The molecule has 0 saturated heterocycles. The van der Waals surface area contributed by atoms with E-state index in [9.17, 15) is 9.59 Å². The zero-order chi connectivity index (χ0) is 25.3. The zero-order valence-corrected chi connectivity index (χ0v) is 22.8. The molecule has 188 valence electrons. The van der Waals surface area contributed by atoms with Gasteiger partial charge in [0.1, 0.15) is 5.78 Å². The molecule has 0 bridgehead atoms. The number of rotatable bonds is 4. The van der Waals surface area contributed by atoms with Crippen LogP contribution in [0.25, 0.3) is 0 Å². The summed E-state index contributed by atoms with van der Waals surface area (Å²) in [6, 6.07) is 9.67. The third kappa shape index (κ3) is 3.36. The van der Waals surface area contributed by atoms with Crippen LogP contribution in [0.15, 0.2) is 47.1 Å². The molecule has 1 aromatic carbocycles. The minimum absolute atomic E-state index is 0.0264. The second-order valence-electron chi connectivity index (χ2n) is 12.9. The molecule has 0 aliphatic heterocycles. The third-order valence-corrected chi connectivity index (χ3v) is 11.3. The summed E-state index contributed by atoms with van der Waals surface area (Å²) in [6.45, 7) is 13.7. The maximum absolute atomic E-state index is 12.9. The molecule has 0 unspecified atom stereocenters. The number of ketones is 2. The minimum Gasteiger partial charge on any atom is -0.372 e. The van der Waals surface area contributed by atoms with Crippen molar-refractivity contribution in [2.75, 3.05) is 11.9 Å². The van der Waals surface area contributed by atoms with Gasteiger partial charge in [0.25, 0.3) is 0 Å². The Bertz CT molecular complexity index is 1120. The molecule has 0 amide bonds. The number of hydrogen-bond donors (Lipinski definition) is 0. The molecule has 4 aliphatic carbocycles. The molecule has 2 saturated carbocycles. The molecule has 0 spiro atoms. The average molecular weight is 474 g/mol. The van der Waals surface area contributed by atoms with Gasteiger partial charge in [-0.25, -0.2) is 0 Å². The molecule has 0 radical (unpaired) electrons. The highest BCUT2D eigenvalue weighted by atomic mass is 16.1. The fourth-order valence-electron chi connectivity index (χ4n) is 8.71. The Morgan fingerprint density at radius 1 is 1.03 bits per heavy atom. The SMILES string of the molecule is CC(=O)[C@H]1CC[C@@]2(C)[C@]3(C)CCC4=CC(=O)CCC4=C3[C@@H](c3ccc(N(C)C(C)C)cc3)C[C@]12C. The molecular formula is C32H43NO2. The number of nitrogens with zero attached hydrogens (tertiary/aromatic N) is 1. The van der Waals surface area contributed by atoms with E-state index in [-0.39, 0.29) is 27.9 Å². The van der Waals surface area contributed by atoms with Crippen LogP contribution in [-0.2, 0) is 9.59 Å². The molecule has 0 N–H and O–H groups in total. The molecule has 1 aromatic rings. The van der Waals surface area contributed by atoms with Gasteiger partial charge in [0, 0.05) is 37.0 Å². The van der Waals surface area contributed by atoms with E-state index in [0.29, 0.717) is 24.2 Å². The highest BCUT2D eigenvalue weighted by Gasteiger charge is 2.68. The second-order valence-corrected chi connectivity index (χ2v) is 12.9. The van der Waals surface area contributed by atoms with Crippen LogP contribution < -0.4 is 4.90 Å². The van der Waals surface area contributed by atoms with Crippen molar-refractivity contribution < 1.29 is 9.59 Å². The quantitative estimate of drug-likeness (QED) is 0.457. The van der Waals surface area contributed by atoms with Gasteiger partial charge in [-0.1, -0.05) is 38.5 Å². The van der Waals surface area contributed by atoms with Gasteiger partial charge in [0.2, 0.25) is 0 Å². The number of allylic oxidation sites excluding steroid dienone is 4. The standard InChI is InChI=1S/C32H43NO2/c1-20(2)33(7)24-10-8-22(9-11-24)27-19-31(5)28(21(3)34)15-17-32(31,6)30(4)16-14-23-18-25(35)12-13-26(23)29(27)30/h8-11,18,20,27-28H,12-17,19H2,1-7H3/t27-,28-,30-,31-,32+/m1/s1. The van der Waals surface area contributed by atoms with Crippen LogP contribution in [0.1, 0.15) is 98.0 Å². The van der Waals surface area contributed by atoms with Crippen molar-refractivity contribution in [3.63, 3.8) is 0 Å². The Balaban J connectivity index is 1.70. The lowest BCUT2D eigenvalue weighted by molar-refractivity contribution is -0.131. The molecule has 2 fully saturated rings. The lowest BCUT2D eigenvalue weighted by atomic mass is 9.39. The largest absolute Gasteiger partial charge is 0.372 e. The summed E-state index contributed by atoms with van der Waals surface area (Å²) in [5, 5.41) is 0. The minimum atomic E-state index is -0.0264.